The molecule has 0 aliphatic heterocycles. The molecule has 1 heterocycles. The molecule has 0 saturated carbocycles. The van der Waals surface area contributed by atoms with E-state index in [9.17, 15) is 9.50 Å². The van der Waals surface area contributed by atoms with E-state index in [1.54, 1.807) is 18.3 Å². The number of nitrogens with zero attached hydrogens (tertiary/aromatic N) is 1. The molecule has 0 radical (unpaired) electrons. The third kappa shape index (κ3) is 3.85. The molecular weight excluding hydrogens is 255 g/mol. The second-order valence-electron chi connectivity index (χ2n) is 4.71. The highest BCUT2D eigenvalue weighted by Gasteiger charge is 2.18. The van der Waals surface area contributed by atoms with Gasteiger partial charge in [0.05, 0.1) is 11.8 Å². The van der Waals surface area contributed by atoms with E-state index in [1.807, 2.05) is 25.1 Å². The third-order valence-electron chi connectivity index (χ3n) is 3.30. The van der Waals surface area contributed by atoms with Crippen LogP contribution in [0, 0.1) is 5.82 Å². The van der Waals surface area contributed by atoms with Crippen molar-refractivity contribution in [2.24, 2.45) is 0 Å². The number of aromatic nitrogens is 1. The SMILES string of the molecule is CCC(NCc1ccccn1)C(O)c1ccc(F)cc1. The van der Waals surface area contributed by atoms with Gasteiger partial charge in [-0.15, -0.1) is 0 Å². The van der Waals surface area contributed by atoms with Crippen LogP contribution in [0.5, 0.6) is 0 Å². The van der Waals surface area contributed by atoms with Crippen LogP contribution in [-0.2, 0) is 6.54 Å². The fourth-order valence-electron chi connectivity index (χ4n) is 2.11. The second-order valence-corrected chi connectivity index (χ2v) is 4.71. The smallest absolute Gasteiger partial charge is 0.123 e. The van der Waals surface area contributed by atoms with E-state index in [-0.39, 0.29) is 11.9 Å². The average molecular weight is 274 g/mol. The lowest BCUT2D eigenvalue weighted by Crippen LogP contribution is -2.34. The molecule has 2 rings (SSSR count). The molecule has 20 heavy (non-hydrogen) atoms. The maximum Gasteiger partial charge on any atom is 0.123 e. The molecule has 0 spiro atoms. The second kappa shape index (κ2) is 7.12. The van der Waals surface area contributed by atoms with E-state index in [4.69, 9.17) is 0 Å². The van der Waals surface area contributed by atoms with Crippen LogP contribution in [-0.4, -0.2) is 16.1 Å². The number of benzene rings is 1. The van der Waals surface area contributed by atoms with Gasteiger partial charge in [0.15, 0.2) is 0 Å². The van der Waals surface area contributed by atoms with Gasteiger partial charge in [-0.1, -0.05) is 25.1 Å². The lowest BCUT2D eigenvalue weighted by atomic mass is 10.00. The molecule has 3 nitrogen and oxygen atoms in total. The molecule has 0 saturated heterocycles. The molecule has 1 aromatic heterocycles. The molecule has 2 unspecified atom stereocenters. The normalized spacial score (nSPS) is 13.9. The van der Waals surface area contributed by atoms with E-state index in [0.29, 0.717) is 12.1 Å². The number of aliphatic hydroxyl groups excluding tert-OH is 1. The van der Waals surface area contributed by atoms with Gasteiger partial charge < -0.3 is 10.4 Å². The van der Waals surface area contributed by atoms with Crippen molar-refractivity contribution < 1.29 is 9.50 Å². The van der Waals surface area contributed by atoms with Crippen molar-refractivity contribution >= 4 is 0 Å². The maximum absolute atomic E-state index is 12.9. The summed E-state index contributed by atoms with van der Waals surface area (Å²) >= 11 is 0. The topological polar surface area (TPSA) is 45.2 Å². The van der Waals surface area contributed by atoms with Crippen molar-refractivity contribution in [2.75, 3.05) is 0 Å². The van der Waals surface area contributed by atoms with Crippen LogP contribution in [0.1, 0.15) is 30.7 Å². The molecule has 4 heteroatoms. The van der Waals surface area contributed by atoms with E-state index in [0.717, 1.165) is 12.1 Å². The molecule has 0 bridgehead atoms. The highest BCUT2D eigenvalue weighted by atomic mass is 19.1. The van der Waals surface area contributed by atoms with Gasteiger partial charge >= 0.3 is 0 Å². The zero-order valence-electron chi connectivity index (χ0n) is 11.5. The van der Waals surface area contributed by atoms with Crippen LogP contribution < -0.4 is 5.32 Å². The van der Waals surface area contributed by atoms with E-state index >= 15 is 0 Å². The van der Waals surface area contributed by atoms with Crippen molar-refractivity contribution in [1.82, 2.24) is 10.3 Å². The lowest BCUT2D eigenvalue weighted by molar-refractivity contribution is 0.125. The Bertz CT molecular complexity index is 516. The number of pyridine rings is 1. The largest absolute Gasteiger partial charge is 0.387 e. The fraction of sp³-hybridized carbons (Fsp3) is 0.312. The predicted octanol–water partition coefficient (Wildman–Crippen LogP) is 2.82. The van der Waals surface area contributed by atoms with Gasteiger partial charge in [-0.2, -0.15) is 0 Å². The molecule has 0 amide bonds. The summed E-state index contributed by atoms with van der Waals surface area (Å²) in [6.07, 6.45) is 1.85. The van der Waals surface area contributed by atoms with Gasteiger partial charge in [0.1, 0.15) is 5.82 Å². The number of hydrogen-bond donors (Lipinski definition) is 2. The highest BCUT2D eigenvalue weighted by molar-refractivity contribution is 5.20. The molecular formula is C16H19FN2O. The summed E-state index contributed by atoms with van der Waals surface area (Å²) < 4.78 is 12.9. The number of nitrogens with one attached hydrogen (secondary N) is 1. The molecule has 0 fully saturated rings. The first-order chi connectivity index (χ1) is 9.70. The Morgan fingerprint density at radius 3 is 2.55 bits per heavy atom. The Morgan fingerprint density at radius 2 is 1.95 bits per heavy atom. The number of rotatable bonds is 6. The maximum atomic E-state index is 12.9. The predicted molar refractivity (Wildman–Crippen MR) is 76.5 cm³/mol. The highest BCUT2D eigenvalue weighted by Crippen LogP contribution is 2.19. The van der Waals surface area contributed by atoms with Crippen LogP contribution in [0.2, 0.25) is 0 Å². The quantitative estimate of drug-likeness (QED) is 0.851. The summed E-state index contributed by atoms with van der Waals surface area (Å²) in [7, 11) is 0. The number of aliphatic hydroxyl groups is 1. The van der Waals surface area contributed by atoms with Crippen molar-refractivity contribution in [3.05, 3.63) is 65.7 Å². The molecule has 2 atom stereocenters. The van der Waals surface area contributed by atoms with E-state index in [2.05, 4.69) is 10.3 Å². The average Bonchev–Trinajstić information content (AvgIpc) is 2.49. The van der Waals surface area contributed by atoms with Gasteiger partial charge in [0, 0.05) is 18.8 Å². The van der Waals surface area contributed by atoms with Gasteiger partial charge in [-0.3, -0.25) is 4.98 Å². The Morgan fingerprint density at radius 1 is 1.20 bits per heavy atom. The molecule has 106 valence electrons. The summed E-state index contributed by atoms with van der Waals surface area (Å²) in [5.41, 5.74) is 1.64. The molecule has 2 aromatic rings. The van der Waals surface area contributed by atoms with Gasteiger partial charge in [-0.25, -0.2) is 4.39 Å². The summed E-state index contributed by atoms with van der Waals surface area (Å²) in [6.45, 7) is 2.60. The Hall–Kier alpha value is -1.78. The minimum Gasteiger partial charge on any atom is -0.387 e. The molecule has 0 aliphatic rings. The molecule has 0 aliphatic carbocycles. The summed E-state index contributed by atoms with van der Waals surface area (Å²) in [4.78, 5) is 4.23. The van der Waals surface area contributed by atoms with Crippen LogP contribution in [0.15, 0.2) is 48.7 Å². The summed E-state index contributed by atoms with van der Waals surface area (Å²) in [5, 5.41) is 13.6. The van der Waals surface area contributed by atoms with Crippen LogP contribution in [0.4, 0.5) is 4.39 Å². The van der Waals surface area contributed by atoms with Crippen LogP contribution in [0.3, 0.4) is 0 Å². The van der Waals surface area contributed by atoms with Gasteiger partial charge in [0.2, 0.25) is 0 Å². The third-order valence-corrected chi connectivity index (χ3v) is 3.30. The van der Waals surface area contributed by atoms with Crippen molar-refractivity contribution in [2.45, 2.75) is 32.0 Å². The Balaban J connectivity index is 1.98. The first-order valence-corrected chi connectivity index (χ1v) is 6.77. The summed E-state index contributed by atoms with van der Waals surface area (Å²) in [6, 6.07) is 11.6. The van der Waals surface area contributed by atoms with Crippen LogP contribution >= 0.6 is 0 Å². The zero-order valence-corrected chi connectivity index (χ0v) is 11.5. The summed E-state index contributed by atoms with van der Waals surface area (Å²) in [5.74, 6) is -0.296. The monoisotopic (exact) mass is 274 g/mol. The zero-order chi connectivity index (χ0) is 14.4. The van der Waals surface area contributed by atoms with Gasteiger partial charge in [-0.05, 0) is 36.2 Å². The van der Waals surface area contributed by atoms with Crippen LogP contribution in [0.25, 0.3) is 0 Å². The minimum absolute atomic E-state index is 0.0949. The lowest BCUT2D eigenvalue weighted by Gasteiger charge is -2.23. The molecule has 1 aromatic carbocycles. The fourth-order valence-corrected chi connectivity index (χ4v) is 2.11. The van der Waals surface area contributed by atoms with Crippen molar-refractivity contribution in [1.29, 1.82) is 0 Å². The Labute approximate surface area is 118 Å². The Kier molecular flexibility index (Phi) is 5.21. The van der Waals surface area contributed by atoms with E-state index < -0.39 is 6.10 Å². The van der Waals surface area contributed by atoms with Crippen molar-refractivity contribution in [3.63, 3.8) is 0 Å². The first kappa shape index (κ1) is 14.6. The standard InChI is InChI=1S/C16H19FN2O/c1-2-15(19-11-14-5-3-4-10-18-14)16(20)12-6-8-13(17)9-7-12/h3-10,15-16,19-20H,2,11H2,1H3. The molecule has 2 N–H and O–H groups in total. The number of halogens is 1. The van der Waals surface area contributed by atoms with Gasteiger partial charge in [0.25, 0.3) is 0 Å². The minimum atomic E-state index is -0.663. The first-order valence-electron chi connectivity index (χ1n) is 6.77. The number of hydrogen-bond acceptors (Lipinski definition) is 3. The van der Waals surface area contributed by atoms with E-state index in [1.165, 1.54) is 12.1 Å². The van der Waals surface area contributed by atoms with Crippen molar-refractivity contribution in [3.8, 4) is 0 Å².